The van der Waals surface area contributed by atoms with Crippen molar-refractivity contribution in [3.05, 3.63) is 31.9 Å². The Morgan fingerprint density at radius 3 is 2.75 bits per heavy atom. The lowest BCUT2D eigenvalue weighted by molar-refractivity contribution is 1.06. The monoisotopic (exact) mass is 292 g/mol. The van der Waals surface area contributed by atoms with Crippen molar-refractivity contribution in [3.8, 4) is 6.07 Å². The molecular formula is C8H6ClIN2. The Bertz CT molecular complexity index is 344. The molecule has 0 bridgehead atoms. The number of nitriles is 1. The van der Waals surface area contributed by atoms with Gasteiger partial charge in [0.15, 0.2) is 0 Å². The van der Waals surface area contributed by atoms with Gasteiger partial charge in [0.2, 0.25) is 0 Å². The summed E-state index contributed by atoms with van der Waals surface area (Å²) in [5.41, 5.74) is 6.95. The second-order valence-electron chi connectivity index (χ2n) is 2.20. The molecule has 0 radical (unpaired) electrons. The van der Waals surface area contributed by atoms with Crippen molar-refractivity contribution in [1.29, 1.82) is 5.26 Å². The summed E-state index contributed by atoms with van der Waals surface area (Å²) in [5.74, 6) is 0. The van der Waals surface area contributed by atoms with Gasteiger partial charge in [0, 0.05) is 15.1 Å². The lowest BCUT2D eigenvalue weighted by Crippen LogP contribution is -2.01. The summed E-state index contributed by atoms with van der Waals surface area (Å²) < 4.78 is 0.852. The summed E-state index contributed by atoms with van der Waals surface area (Å²) in [6, 6.07) is 5.47. The van der Waals surface area contributed by atoms with E-state index in [1.54, 1.807) is 12.1 Å². The van der Waals surface area contributed by atoms with E-state index in [1.165, 1.54) is 0 Å². The van der Waals surface area contributed by atoms with Gasteiger partial charge in [-0.15, -0.1) is 0 Å². The van der Waals surface area contributed by atoms with Crippen LogP contribution in [0.3, 0.4) is 0 Å². The van der Waals surface area contributed by atoms with Crippen LogP contribution in [0.1, 0.15) is 11.1 Å². The minimum Gasteiger partial charge on any atom is -0.326 e. The molecule has 0 saturated carbocycles. The molecule has 1 aromatic carbocycles. The zero-order chi connectivity index (χ0) is 9.14. The van der Waals surface area contributed by atoms with Crippen LogP contribution in [0.2, 0.25) is 5.02 Å². The van der Waals surface area contributed by atoms with Crippen molar-refractivity contribution in [2.24, 2.45) is 5.73 Å². The third-order valence-corrected chi connectivity index (χ3v) is 3.10. The number of hydrogen-bond acceptors (Lipinski definition) is 2. The number of nitrogens with two attached hydrogens (primary N) is 1. The van der Waals surface area contributed by atoms with E-state index >= 15 is 0 Å². The fourth-order valence-corrected chi connectivity index (χ4v) is 2.08. The highest BCUT2D eigenvalue weighted by Crippen LogP contribution is 2.24. The number of halogens is 2. The fraction of sp³-hybridized carbons (Fsp3) is 0.125. The highest BCUT2D eigenvalue weighted by molar-refractivity contribution is 14.1. The Balaban J connectivity index is 3.36. The van der Waals surface area contributed by atoms with Crippen molar-refractivity contribution >= 4 is 34.2 Å². The van der Waals surface area contributed by atoms with Gasteiger partial charge in [-0.3, -0.25) is 0 Å². The molecular weight excluding hydrogens is 286 g/mol. The molecule has 0 spiro atoms. The molecule has 0 atom stereocenters. The number of hydrogen-bond donors (Lipinski definition) is 1. The first-order valence-corrected chi connectivity index (χ1v) is 4.73. The zero-order valence-corrected chi connectivity index (χ0v) is 9.06. The quantitative estimate of drug-likeness (QED) is 0.807. The van der Waals surface area contributed by atoms with Crippen molar-refractivity contribution < 1.29 is 0 Å². The lowest BCUT2D eigenvalue weighted by atomic mass is 10.1. The Hall–Kier alpha value is -0.310. The molecule has 4 heteroatoms. The minimum absolute atomic E-state index is 0.368. The molecule has 0 aromatic heterocycles. The maximum Gasteiger partial charge on any atom is 0.100 e. The van der Waals surface area contributed by atoms with Gasteiger partial charge in [-0.2, -0.15) is 5.26 Å². The van der Waals surface area contributed by atoms with Gasteiger partial charge in [0.1, 0.15) is 6.07 Å². The van der Waals surface area contributed by atoms with E-state index in [4.69, 9.17) is 22.6 Å². The number of rotatable bonds is 1. The van der Waals surface area contributed by atoms with Gasteiger partial charge in [-0.05, 0) is 40.3 Å². The molecule has 2 N–H and O–H groups in total. The third kappa shape index (κ3) is 1.71. The fourth-order valence-electron chi connectivity index (χ4n) is 0.871. The Kier molecular flexibility index (Phi) is 3.32. The van der Waals surface area contributed by atoms with E-state index in [0.717, 1.165) is 9.13 Å². The molecule has 2 nitrogen and oxygen atoms in total. The Morgan fingerprint density at radius 1 is 1.58 bits per heavy atom. The van der Waals surface area contributed by atoms with Gasteiger partial charge in [0.25, 0.3) is 0 Å². The molecule has 0 heterocycles. The molecule has 1 rings (SSSR count). The second kappa shape index (κ2) is 4.08. The molecule has 0 fully saturated rings. The molecule has 0 amide bonds. The van der Waals surface area contributed by atoms with Crippen LogP contribution in [0.25, 0.3) is 0 Å². The normalized spacial score (nSPS) is 9.50. The SMILES string of the molecule is N#Cc1ccc(Cl)c(CN)c1I. The minimum atomic E-state index is 0.368. The molecule has 12 heavy (non-hydrogen) atoms. The van der Waals surface area contributed by atoms with E-state index in [0.29, 0.717) is 17.1 Å². The highest BCUT2D eigenvalue weighted by atomic mass is 127. The number of benzene rings is 1. The van der Waals surface area contributed by atoms with Crippen LogP contribution in [0.5, 0.6) is 0 Å². The average Bonchev–Trinajstić information content (AvgIpc) is 2.06. The maximum atomic E-state index is 8.69. The van der Waals surface area contributed by atoms with Gasteiger partial charge in [-0.1, -0.05) is 11.6 Å². The van der Waals surface area contributed by atoms with Crippen molar-refractivity contribution in [2.75, 3.05) is 0 Å². The predicted octanol–water partition coefficient (Wildman–Crippen LogP) is 2.27. The summed E-state index contributed by atoms with van der Waals surface area (Å²) >= 11 is 7.94. The molecule has 62 valence electrons. The van der Waals surface area contributed by atoms with Crippen LogP contribution >= 0.6 is 34.2 Å². The van der Waals surface area contributed by atoms with Gasteiger partial charge < -0.3 is 5.73 Å². The first kappa shape index (κ1) is 9.78. The van der Waals surface area contributed by atoms with Crippen molar-refractivity contribution in [1.82, 2.24) is 0 Å². The van der Waals surface area contributed by atoms with Crippen LogP contribution in [0, 0.1) is 14.9 Å². The Morgan fingerprint density at radius 2 is 2.25 bits per heavy atom. The molecule has 0 aliphatic rings. The smallest absolute Gasteiger partial charge is 0.100 e. The largest absolute Gasteiger partial charge is 0.326 e. The van der Waals surface area contributed by atoms with E-state index in [-0.39, 0.29) is 0 Å². The summed E-state index contributed by atoms with van der Waals surface area (Å²) in [4.78, 5) is 0. The van der Waals surface area contributed by atoms with Crippen LogP contribution in [0.15, 0.2) is 12.1 Å². The van der Waals surface area contributed by atoms with E-state index in [2.05, 4.69) is 28.7 Å². The van der Waals surface area contributed by atoms with Crippen LogP contribution < -0.4 is 5.73 Å². The third-order valence-electron chi connectivity index (χ3n) is 1.51. The molecule has 0 saturated heterocycles. The number of nitrogens with zero attached hydrogens (tertiary/aromatic N) is 1. The van der Waals surface area contributed by atoms with E-state index in [1.807, 2.05) is 0 Å². The standard InChI is InChI=1S/C8H6ClIN2/c9-7-2-1-5(3-11)8(10)6(7)4-12/h1-2H,4,12H2. The van der Waals surface area contributed by atoms with Crippen LogP contribution in [-0.4, -0.2) is 0 Å². The first-order valence-electron chi connectivity index (χ1n) is 3.27. The highest BCUT2D eigenvalue weighted by Gasteiger charge is 2.07. The summed E-state index contributed by atoms with van der Waals surface area (Å²) in [6.45, 7) is 0.368. The average molecular weight is 293 g/mol. The predicted molar refractivity (Wildman–Crippen MR) is 56.8 cm³/mol. The van der Waals surface area contributed by atoms with Gasteiger partial charge >= 0.3 is 0 Å². The summed E-state index contributed by atoms with van der Waals surface area (Å²) in [6.07, 6.45) is 0. The first-order chi connectivity index (χ1) is 5.70. The molecule has 0 unspecified atom stereocenters. The second-order valence-corrected chi connectivity index (χ2v) is 3.69. The van der Waals surface area contributed by atoms with Crippen molar-refractivity contribution in [2.45, 2.75) is 6.54 Å². The lowest BCUT2D eigenvalue weighted by Gasteiger charge is -2.04. The zero-order valence-electron chi connectivity index (χ0n) is 6.14. The molecule has 0 aliphatic carbocycles. The maximum absolute atomic E-state index is 8.69. The summed E-state index contributed by atoms with van der Waals surface area (Å²) in [7, 11) is 0. The van der Waals surface area contributed by atoms with Crippen LogP contribution in [0.4, 0.5) is 0 Å². The van der Waals surface area contributed by atoms with E-state index in [9.17, 15) is 0 Å². The van der Waals surface area contributed by atoms with Gasteiger partial charge in [-0.25, -0.2) is 0 Å². The van der Waals surface area contributed by atoms with Gasteiger partial charge in [0.05, 0.1) is 5.56 Å². The van der Waals surface area contributed by atoms with Crippen LogP contribution in [-0.2, 0) is 6.54 Å². The molecule has 0 aliphatic heterocycles. The Labute approximate surface area is 89.5 Å². The molecule has 1 aromatic rings. The van der Waals surface area contributed by atoms with Crippen molar-refractivity contribution in [3.63, 3.8) is 0 Å². The summed E-state index contributed by atoms with van der Waals surface area (Å²) in [5, 5.41) is 9.32. The topological polar surface area (TPSA) is 49.8 Å². The van der Waals surface area contributed by atoms with E-state index < -0.39 is 0 Å².